The summed E-state index contributed by atoms with van der Waals surface area (Å²) in [7, 11) is 1.56. The quantitative estimate of drug-likeness (QED) is 0.775. The molecule has 0 N–H and O–H groups in total. The van der Waals surface area contributed by atoms with Crippen LogP contribution >= 0.6 is 12.4 Å². The number of carbonyl (C=O) groups excluding carboxylic acids is 1. The fourth-order valence-electron chi connectivity index (χ4n) is 2.72. The van der Waals surface area contributed by atoms with Gasteiger partial charge < -0.3 is 14.2 Å². The maximum absolute atomic E-state index is 12.4. The highest BCUT2D eigenvalue weighted by molar-refractivity contribution is 5.98. The summed E-state index contributed by atoms with van der Waals surface area (Å²) in [6, 6.07) is 11.6. The molecule has 130 valence electrons. The maximum atomic E-state index is 12.4. The summed E-state index contributed by atoms with van der Waals surface area (Å²) < 4.78 is 16.1. The fourth-order valence-corrected chi connectivity index (χ4v) is 2.72. The third kappa shape index (κ3) is 4.38. The van der Waals surface area contributed by atoms with Crippen molar-refractivity contribution in [3.05, 3.63) is 42.0 Å². The summed E-state index contributed by atoms with van der Waals surface area (Å²) in [5.41, 5.74) is 0.466. The Hall–Kier alpha value is -1.82. The molecule has 0 amide bonds. The number of rotatable bonds is 5. The Balaban J connectivity index is 0.00000208. The van der Waals surface area contributed by atoms with Gasteiger partial charge in [0.1, 0.15) is 17.9 Å². The number of morpholine rings is 1. The molecule has 0 bridgehead atoms. The van der Waals surface area contributed by atoms with E-state index in [1.54, 1.807) is 7.11 Å². The maximum Gasteiger partial charge on any atom is 0.341 e. The molecule has 24 heavy (non-hydrogen) atoms. The summed E-state index contributed by atoms with van der Waals surface area (Å²) >= 11 is 0. The number of ether oxygens (including phenoxy) is 3. The molecule has 1 aliphatic rings. The smallest absolute Gasteiger partial charge is 0.341 e. The largest absolute Gasteiger partial charge is 0.496 e. The van der Waals surface area contributed by atoms with E-state index in [2.05, 4.69) is 4.90 Å². The van der Waals surface area contributed by atoms with E-state index in [9.17, 15) is 4.79 Å². The minimum absolute atomic E-state index is 0. The van der Waals surface area contributed by atoms with E-state index in [0.717, 1.165) is 43.6 Å². The fraction of sp³-hybridized carbons (Fsp3) is 0.389. The Morgan fingerprint density at radius 3 is 2.50 bits per heavy atom. The van der Waals surface area contributed by atoms with E-state index in [4.69, 9.17) is 14.2 Å². The van der Waals surface area contributed by atoms with Gasteiger partial charge in [-0.25, -0.2) is 4.79 Å². The molecule has 0 saturated carbocycles. The van der Waals surface area contributed by atoms with Crippen molar-refractivity contribution < 1.29 is 19.0 Å². The third-order valence-electron chi connectivity index (χ3n) is 4.03. The van der Waals surface area contributed by atoms with Crippen molar-refractivity contribution in [3.63, 3.8) is 0 Å². The minimum Gasteiger partial charge on any atom is -0.496 e. The van der Waals surface area contributed by atoms with Crippen LogP contribution in [0.3, 0.4) is 0 Å². The first-order chi connectivity index (χ1) is 11.3. The van der Waals surface area contributed by atoms with E-state index in [0.29, 0.717) is 17.9 Å². The number of nitrogens with zero attached hydrogens (tertiary/aromatic N) is 1. The van der Waals surface area contributed by atoms with Crippen molar-refractivity contribution in [2.45, 2.75) is 0 Å². The zero-order chi connectivity index (χ0) is 16.1. The van der Waals surface area contributed by atoms with Crippen molar-refractivity contribution in [2.75, 3.05) is 46.6 Å². The molecule has 0 radical (unpaired) electrons. The van der Waals surface area contributed by atoms with Crippen molar-refractivity contribution in [1.82, 2.24) is 4.90 Å². The molecule has 0 aromatic heterocycles. The summed E-state index contributed by atoms with van der Waals surface area (Å²) in [4.78, 5) is 14.6. The van der Waals surface area contributed by atoms with E-state index < -0.39 is 0 Å². The van der Waals surface area contributed by atoms with E-state index in [1.165, 1.54) is 0 Å². The molecule has 0 aliphatic carbocycles. The lowest BCUT2D eigenvalue weighted by Crippen LogP contribution is -2.38. The number of esters is 1. The highest BCUT2D eigenvalue weighted by Gasteiger charge is 2.16. The normalized spacial score (nSPS) is 14.9. The van der Waals surface area contributed by atoms with Gasteiger partial charge in [0.25, 0.3) is 0 Å². The lowest BCUT2D eigenvalue weighted by Gasteiger charge is -2.26. The van der Waals surface area contributed by atoms with E-state index in [-0.39, 0.29) is 18.4 Å². The second-order valence-electron chi connectivity index (χ2n) is 5.49. The van der Waals surface area contributed by atoms with Crippen LogP contribution in [0, 0.1) is 0 Å². The lowest BCUT2D eigenvalue weighted by molar-refractivity contribution is 0.0194. The molecule has 0 spiro atoms. The predicted molar refractivity (Wildman–Crippen MR) is 95.3 cm³/mol. The monoisotopic (exact) mass is 351 g/mol. The highest BCUT2D eigenvalue weighted by Crippen LogP contribution is 2.26. The van der Waals surface area contributed by atoms with Crippen LogP contribution in [-0.4, -0.2) is 57.4 Å². The molecule has 1 fully saturated rings. The van der Waals surface area contributed by atoms with Crippen LogP contribution in [0.25, 0.3) is 10.8 Å². The first-order valence-electron chi connectivity index (χ1n) is 7.82. The molecule has 1 heterocycles. The summed E-state index contributed by atoms with van der Waals surface area (Å²) in [5, 5.41) is 2.03. The molecule has 1 saturated heterocycles. The zero-order valence-electron chi connectivity index (χ0n) is 13.7. The van der Waals surface area contributed by atoms with Crippen LogP contribution in [0.5, 0.6) is 5.75 Å². The van der Waals surface area contributed by atoms with Crippen LogP contribution in [0.2, 0.25) is 0 Å². The predicted octanol–water partition coefficient (Wildman–Crippen LogP) is 2.76. The van der Waals surface area contributed by atoms with Gasteiger partial charge in [0.05, 0.1) is 20.3 Å². The SMILES string of the molecule is COc1cc2ccccc2cc1C(=O)OCCN1CCOCC1.Cl. The first kappa shape index (κ1) is 18.5. The molecular formula is C18H22ClNO4. The molecule has 3 rings (SSSR count). The number of carbonyl (C=O) groups is 1. The van der Waals surface area contributed by atoms with Gasteiger partial charge in [-0.2, -0.15) is 0 Å². The van der Waals surface area contributed by atoms with Crippen molar-refractivity contribution >= 4 is 29.1 Å². The zero-order valence-corrected chi connectivity index (χ0v) is 14.5. The molecule has 0 unspecified atom stereocenters. The standard InChI is InChI=1S/C18H21NO4.ClH/c1-21-17-13-15-5-3-2-4-14(15)12-16(17)18(20)23-11-8-19-6-9-22-10-7-19;/h2-5,12-13H,6-11H2,1H3;1H. The second-order valence-corrected chi connectivity index (χ2v) is 5.49. The Kier molecular flexibility index (Phi) is 6.85. The van der Waals surface area contributed by atoms with Crippen molar-refractivity contribution in [2.24, 2.45) is 0 Å². The van der Waals surface area contributed by atoms with Gasteiger partial charge in [-0.05, 0) is 22.9 Å². The molecule has 1 aliphatic heterocycles. The van der Waals surface area contributed by atoms with E-state index >= 15 is 0 Å². The van der Waals surface area contributed by atoms with Gasteiger partial charge in [-0.15, -0.1) is 12.4 Å². The molecule has 2 aromatic carbocycles. The van der Waals surface area contributed by atoms with Crippen LogP contribution in [-0.2, 0) is 9.47 Å². The number of fused-ring (bicyclic) bond motifs is 1. The Bertz CT molecular complexity index is 686. The van der Waals surface area contributed by atoms with Gasteiger partial charge in [0.15, 0.2) is 0 Å². The Morgan fingerprint density at radius 1 is 1.17 bits per heavy atom. The number of methoxy groups -OCH3 is 1. The summed E-state index contributed by atoms with van der Waals surface area (Å²) in [5.74, 6) is 0.195. The number of halogens is 1. The average Bonchev–Trinajstić information content (AvgIpc) is 2.61. The number of benzene rings is 2. The van der Waals surface area contributed by atoms with Gasteiger partial charge in [0.2, 0.25) is 0 Å². The Labute approximate surface area is 147 Å². The average molecular weight is 352 g/mol. The molecule has 6 heteroatoms. The third-order valence-corrected chi connectivity index (χ3v) is 4.03. The minimum atomic E-state index is -0.346. The summed E-state index contributed by atoms with van der Waals surface area (Å²) in [6.07, 6.45) is 0. The molecular weight excluding hydrogens is 330 g/mol. The van der Waals surface area contributed by atoms with Crippen LogP contribution < -0.4 is 4.74 Å². The number of hydrogen-bond donors (Lipinski definition) is 0. The molecule has 0 atom stereocenters. The van der Waals surface area contributed by atoms with Crippen molar-refractivity contribution in [1.29, 1.82) is 0 Å². The summed E-state index contributed by atoms with van der Waals surface area (Å²) in [6.45, 7) is 4.35. The van der Waals surface area contributed by atoms with Gasteiger partial charge in [0, 0.05) is 19.6 Å². The topological polar surface area (TPSA) is 48.0 Å². The Morgan fingerprint density at radius 2 is 1.83 bits per heavy atom. The molecule has 2 aromatic rings. The lowest BCUT2D eigenvalue weighted by atomic mass is 10.1. The van der Waals surface area contributed by atoms with Crippen LogP contribution in [0.15, 0.2) is 36.4 Å². The highest BCUT2D eigenvalue weighted by atomic mass is 35.5. The van der Waals surface area contributed by atoms with Gasteiger partial charge in [-0.3, -0.25) is 4.90 Å². The van der Waals surface area contributed by atoms with Gasteiger partial charge in [-0.1, -0.05) is 24.3 Å². The van der Waals surface area contributed by atoms with Gasteiger partial charge >= 0.3 is 5.97 Å². The number of hydrogen-bond acceptors (Lipinski definition) is 5. The molecule has 5 nitrogen and oxygen atoms in total. The first-order valence-corrected chi connectivity index (χ1v) is 7.82. The van der Waals surface area contributed by atoms with Crippen LogP contribution in [0.4, 0.5) is 0 Å². The van der Waals surface area contributed by atoms with E-state index in [1.807, 2.05) is 36.4 Å². The van der Waals surface area contributed by atoms with Crippen molar-refractivity contribution in [3.8, 4) is 5.75 Å². The van der Waals surface area contributed by atoms with Crippen LogP contribution in [0.1, 0.15) is 10.4 Å². The second kappa shape index (κ2) is 8.87.